The van der Waals surface area contributed by atoms with Crippen LogP contribution < -0.4 is 9.47 Å². The second-order valence-corrected chi connectivity index (χ2v) is 11.7. The van der Waals surface area contributed by atoms with Crippen molar-refractivity contribution in [1.82, 2.24) is 0 Å². The van der Waals surface area contributed by atoms with Crippen molar-refractivity contribution >= 4 is 5.97 Å². The Morgan fingerprint density at radius 1 is 1.21 bits per heavy atom. The van der Waals surface area contributed by atoms with Gasteiger partial charge in [0.2, 0.25) is 0 Å². The maximum atomic E-state index is 13.2. The van der Waals surface area contributed by atoms with E-state index in [1.54, 1.807) is 26.8 Å². The molecule has 0 radical (unpaired) electrons. The molecule has 1 heterocycles. The first-order valence-corrected chi connectivity index (χ1v) is 12.5. The first-order valence-electron chi connectivity index (χ1n) is 15.5. The van der Waals surface area contributed by atoms with E-state index in [1.807, 2.05) is 13.8 Å². The third kappa shape index (κ3) is 5.66. The van der Waals surface area contributed by atoms with Crippen molar-refractivity contribution in [2.75, 3.05) is 0 Å². The predicted octanol–water partition coefficient (Wildman–Crippen LogP) is 8.50. The average molecular weight is 461 g/mol. The third-order valence-electron chi connectivity index (χ3n) is 7.20. The van der Waals surface area contributed by atoms with Crippen molar-refractivity contribution in [3.8, 4) is 11.5 Å². The SMILES string of the molecule is [2H]C([2H])([2H])C(CCCCCC)(c1cc(OC(=O)C(C)(C)C)c2c(c1)OC(C)(C)[C@@H]1CC=C(C)C[C@@H]21)C([2H])([2H])[2H]. The summed E-state index contributed by atoms with van der Waals surface area (Å²) in [6.07, 6.45) is 6.77. The molecule has 1 aromatic carbocycles. The summed E-state index contributed by atoms with van der Waals surface area (Å²) in [6.45, 7) is 7.76. The van der Waals surface area contributed by atoms with E-state index in [0.29, 0.717) is 12.2 Å². The van der Waals surface area contributed by atoms with Gasteiger partial charge < -0.3 is 9.47 Å². The van der Waals surface area contributed by atoms with Gasteiger partial charge in [-0.05, 0) is 83.9 Å². The number of fused-ring (bicyclic) bond motifs is 3. The predicted molar refractivity (Wildman–Crippen MR) is 137 cm³/mol. The number of rotatable bonds is 7. The highest BCUT2D eigenvalue weighted by Crippen LogP contribution is 2.55. The van der Waals surface area contributed by atoms with E-state index < -0.39 is 36.1 Å². The zero-order valence-electron chi connectivity index (χ0n) is 27.6. The zero-order valence-corrected chi connectivity index (χ0v) is 21.6. The number of ether oxygens (including phenoxy) is 2. The van der Waals surface area contributed by atoms with E-state index in [2.05, 4.69) is 19.9 Å². The number of carbonyl (C=O) groups is 1. The lowest BCUT2D eigenvalue weighted by molar-refractivity contribution is -0.143. The van der Waals surface area contributed by atoms with Crippen LogP contribution in [0.15, 0.2) is 23.8 Å². The lowest BCUT2D eigenvalue weighted by Gasteiger charge is -2.47. The minimum absolute atomic E-state index is 0.00922. The fourth-order valence-corrected chi connectivity index (χ4v) is 5.09. The van der Waals surface area contributed by atoms with E-state index in [0.717, 1.165) is 37.7 Å². The molecule has 1 aliphatic heterocycles. The second-order valence-electron chi connectivity index (χ2n) is 11.7. The monoisotopic (exact) mass is 460 g/mol. The molecule has 184 valence electrons. The summed E-state index contributed by atoms with van der Waals surface area (Å²) in [5.41, 5.74) is -1.46. The van der Waals surface area contributed by atoms with E-state index in [1.165, 1.54) is 11.6 Å². The minimum atomic E-state index is -2.83. The molecule has 1 aliphatic carbocycles. The number of hydrogen-bond donors (Lipinski definition) is 0. The van der Waals surface area contributed by atoms with Gasteiger partial charge in [0.15, 0.2) is 0 Å². The Balaban J connectivity index is 2.33. The molecular formula is C30H46O3. The molecule has 0 aromatic heterocycles. The van der Waals surface area contributed by atoms with Crippen LogP contribution in [0.5, 0.6) is 11.5 Å². The van der Waals surface area contributed by atoms with Crippen LogP contribution in [0.2, 0.25) is 0 Å². The number of allylic oxidation sites excluding steroid dienone is 2. The quantitative estimate of drug-likeness (QED) is 0.177. The van der Waals surface area contributed by atoms with Gasteiger partial charge in [0.1, 0.15) is 17.1 Å². The molecule has 0 saturated heterocycles. The summed E-state index contributed by atoms with van der Waals surface area (Å²) in [6, 6.07) is 3.14. The van der Waals surface area contributed by atoms with Gasteiger partial charge in [-0.15, -0.1) is 0 Å². The molecular weight excluding hydrogens is 408 g/mol. The van der Waals surface area contributed by atoms with Gasteiger partial charge in [0.05, 0.1) is 5.41 Å². The number of benzene rings is 1. The Hall–Kier alpha value is -1.77. The standard InChI is InChI=1S/C30H46O3/c1-10-11-12-13-16-29(6,7)21-18-24(32-27(31)28(3,4)5)26-22-17-20(2)14-15-23(22)30(8,9)33-25(26)19-21/h14,18-19,22-23H,10-13,15-17H2,1-9H3/t22-,23-/m1/s1/i6D3,7D3. The number of unbranched alkanes of at least 4 members (excludes halogenated alkanes) is 3. The van der Waals surface area contributed by atoms with Gasteiger partial charge in [-0.2, -0.15) is 0 Å². The maximum absolute atomic E-state index is 13.2. The minimum Gasteiger partial charge on any atom is -0.487 e. The van der Waals surface area contributed by atoms with Crippen LogP contribution in [0.4, 0.5) is 0 Å². The zero-order chi connectivity index (χ0) is 29.6. The number of hydrogen-bond acceptors (Lipinski definition) is 3. The highest BCUT2D eigenvalue weighted by Gasteiger charge is 2.46. The van der Waals surface area contributed by atoms with Crippen molar-refractivity contribution in [3.05, 3.63) is 34.9 Å². The number of carbonyl (C=O) groups excluding carboxylic acids is 1. The number of esters is 1. The van der Waals surface area contributed by atoms with Gasteiger partial charge >= 0.3 is 5.97 Å². The lowest BCUT2D eigenvalue weighted by atomic mass is 9.66. The van der Waals surface area contributed by atoms with E-state index in [4.69, 9.17) is 17.7 Å². The van der Waals surface area contributed by atoms with Crippen molar-refractivity contribution in [2.45, 2.75) is 124 Å². The topological polar surface area (TPSA) is 35.5 Å². The van der Waals surface area contributed by atoms with Crippen molar-refractivity contribution in [1.29, 1.82) is 0 Å². The molecule has 0 saturated carbocycles. The molecule has 3 nitrogen and oxygen atoms in total. The normalized spacial score (nSPS) is 25.5. The van der Waals surface area contributed by atoms with Crippen LogP contribution in [-0.4, -0.2) is 11.6 Å². The first-order chi connectivity index (χ1) is 17.8. The van der Waals surface area contributed by atoms with E-state index in [9.17, 15) is 4.79 Å². The summed E-state index contributed by atoms with van der Waals surface area (Å²) in [5, 5.41) is 0. The van der Waals surface area contributed by atoms with Crippen molar-refractivity contribution in [3.63, 3.8) is 0 Å². The summed E-state index contributed by atoms with van der Waals surface area (Å²) < 4.78 is 63.8. The van der Waals surface area contributed by atoms with Gasteiger partial charge in [-0.1, -0.05) is 58.0 Å². The highest BCUT2D eigenvalue weighted by atomic mass is 16.5. The molecule has 0 spiro atoms. The molecule has 1 aromatic rings. The van der Waals surface area contributed by atoms with Gasteiger partial charge in [0, 0.05) is 25.6 Å². The second kappa shape index (κ2) is 9.47. The molecule has 2 atom stereocenters. The Bertz CT molecular complexity index is 1080. The largest absolute Gasteiger partial charge is 0.487 e. The Morgan fingerprint density at radius 2 is 1.94 bits per heavy atom. The fourth-order valence-electron chi connectivity index (χ4n) is 5.09. The maximum Gasteiger partial charge on any atom is 0.316 e. The Labute approximate surface area is 210 Å². The molecule has 2 aliphatic rings. The van der Waals surface area contributed by atoms with Crippen LogP contribution in [0.25, 0.3) is 0 Å². The molecule has 0 N–H and O–H groups in total. The molecule has 33 heavy (non-hydrogen) atoms. The smallest absolute Gasteiger partial charge is 0.316 e. The summed E-state index contributed by atoms with van der Waals surface area (Å²) in [7, 11) is 0. The van der Waals surface area contributed by atoms with Gasteiger partial charge in [0.25, 0.3) is 0 Å². The van der Waals surface area contributed by atoms with Crippen LogP contribution in [0.3, 0.4) is 0 Å². The Morgan fingerprint density at radius 3 is 2.58 bits per heavy atom. The fraction of sp³-hybridized carbons (Fsp3) is 0.700. The van der Waals surface area contributed by atoms with Crippen LogP contribution >= 0.6 is 0 Å². The summed E-state index contributed by atoms with van der Waals surface area (Å²) in [4.78, 5) is 13.2. The van der Waals surface area contributed by atoms with Crippen LogP contribution in [-0.2, 0) is 10.2 Å². The molecule has 3 rings (SSSR count). The van der Waals surface area contributed by atoms with Gasteiger partial charge in [-0.25, -0.2) is 0 Å². The third-order valence-corrected chi connectivity index (χ3v) is 7.20. The lowest BCUT2D eigenvalue weighted by Crippen LogP contribution is -2.45. The molecule has 3 heteroatoms. The Kier molecular flexibility index (Phi) is 5.32. The first kappa shape index (κ1) is 18.5. The van der Waals surface area contributed by atoms with Crippen LogP contribution in [0, 0.1) is 11.3 Å². The van der Waals surface area contributed by atoms with Crippen molar-refractivity contribution in [2.24, 2.45) is 11.3 Å². The summed E-state index contributed by atoms with van der Waals surface area (Å²) >= 11 is 0. The molecule has 0 unspecified atom stereocenters. The van der Waals surface area contributed by atoms with Gasteiger partial charge in [-0.3, -0.25) is 4.79 Å². The van der Waals surface area contributed by atoms with Crippen molar-refractivity contribution < 1.29 is 22.5 Å². The van der Waals surface area contributed by atoms with E-state index in [-0.39, 0.29) is 29.6 Å². The van der Waals surface area contributed by atoms with E-state index >= 15 is 0 Å². The highest BCUT2D eigenvalue weighted by molar-refractivity contribution is 5.78. The summed E-state index contributed by atoms with van der Waals surface area (Å²) in [5.74, 6) is 0.272. The average Bonchev–Trinajstić information content (AvgIpc) is 2.75. The molecule has 0 fully saturated rings. The van der Waals surface area contributed by atoms with Crippen LogP contribution in [0.1, 0.15) is 132 Å². The molecule has 0 amide bonds. The molecule has 0 bridgehead atoms.